The van der Waals surface area contributed by atoms with Crippen molar-refractivity contribution < 1.29 is 14.2 Å². The molecule has 1 aromatic heterocycles. The van der Waals surface area contributed by atoms with Gasteiger partial charge in [-0.3, -0.25) is 0 Å². The first-order chi connectivity index (χ1) is 13.6. The van der Waals surface area contributed by atoms with Gasteiger partial charge in [-0.15, -0.1) is 0 Å². The van der Waals surface area contributed by atoms with Crippen LogP contribution in [0.4, 0.5) is 5.69 Å². The topological polar surface area (TPSA) is 56.7 Å². The molecule has 1 heterocycles. The fraction of sp³-hybridized carbons (Fsp3) is 0.545. The van der Waals surface area contributed by atoms with Crippen LogP contribution in [0.5, 0.6) is 17.4 Å². The summed E-state index contributed by atoms with van der Waals surface area (Å²) in [7, 11) is 7.09. The average Bonchev–Trinajstić information content (AvgIpc) is 3.57. The maximum Gasteiger partial charge on any atom is 0.241 e. The SMILES string of the molecule is CCc1nc(-c2ccc(OC)cc2OC)nc(OC)c1N(C)C(CC)C1CC1. The molecule has 1 atom stereocenters. The first kappa shape index (κ1) is 20.2. The molecule has 6 nitrogen and oxygen atoms in total. The number of benzene rings is 1. The van der Waals surface area contributed by atoms with Crippen molar-refractivity contribution >= 4 is 5.69 Å². The lowest BCUT2D eigenvalue weighted by Crippen LogP contribution is -2.34. The Labute approximate surface area is 167 Å². The molecule has 28 heavy (non-hydrogen) atoms. The molecule has 0 spiro atoms. The van der Waals surface area contributed by atoms with E-state index in [0.717, 1.165) is 41.5 Å². The highest BCUT2D eigenvalue weighted by molar-refractivity contribution is 5.70. The van der Waals surface area contributed by atoms with Gasteiger partial charge in [-0.2, -0.15) is 4.98 Å². The molecule has 3 rings (SSSR count). The van der Waals surface area contributed by atoms with Crippen molar-refractivity contribution in [1.29, 1.82) is 0 Å². The zero-order valence-electron chi connectivity index (χ0n) is 17.8. The van der Waals surface area contributed by atoms with Crippen molar-refractivity contribution in [2.75, 3.05) is 33.3 Å². The third kappa shape index (κ3) is 3.86. The molecule has 1 unspecified atom stereocenters. The zero-order valence-corrected chi connectivity index (χ0v) is 17.8. The van der Waals surface area contributed by atoms with Crippen molar-refractivity contribution in [3.63, 3.8) is 0 Å². The lowest BCUT2D eigenvalue weighted by Gasteiger charge is -2.31. The van der Waals surface area contributed by atoms with Gasteiger partial charge in [0.25, 0.3) is 0 Å². The number of methoxy groups -OCH3 is 3. The number of anilines is 1. The molecule has 0 saturated heterocycles. The highest BCUT2D eigenvalue weighted by atomic mass is 16.5. The molecule has 0 amide bonds. The number of ether oxygens (including phenoxy) is 3. The minimum Gasteiger partial charge on any atom is -0.497 e. The molecule has 0 aliphatic heterocycles. The Hall–Kier alpha value is -2.50. The maximum atomic E-state index is 5.73. The second kappa shape index (κ2) is 8.67. The van der Waals surface area contributed by atoms with Gasteiger partial charge in [0.05, 0.1) is 32.6 Å². The van der Waals surface area contributed by atoms with E-state index in [1.54, 1.807) is 21.3 Å². The highest BCUT2D eigenvalue weighted by Gasteiger charge is 2.35. The highest BCUT2D eigenvalue weighted by Crippen LogP contribution is 2.42. The summed E-state index contributed by atoms with van der Waals surface area (Å²) in [6.45, 7) is 4.36. The number of hydrogen-bond acceptors (Lipinski definition) is 6. The molecule has 1 saturated carbocycles. The molecule has 1 aromatic carbocycles. The number of hydrogen-bond donors (Lipinski definition) is 0. The second-order valence-corrected chi connectivity index (χ2v) is 7.20. The Balaban J connectivity index is 2.09. The summed E-state index contributed by atoms with van der Waals surface area (Å²) in [5.74, 6) is 3.38. The van der Waals surface area contributed by atoms with Crippen molar-refractivity contribution in [3.8, 4) is 28.8 Å². The normalized spacial score (nSPS) is 14.5. The van der Waals surface area contributed by atoms with Gasteiger partial charge in [0.2, 0.25) is 5.88 Å². The Kier molecular flexibility index (Phi) is 6.27. The van der Waals surface area contributed by atoms with E-state index in [4.69, 9.17) is 24.2 Å². The van der Waals surface area contributed by atoms with Crippen LogP contribution in [-0.2, 0) is 6.42 Å². The van der Waals surface area contributed by atoms with Gasteiger partial charge in [0, 0.05) is 19.2 Å². The number of aromatic nitrogens is 2. The van der Waals surface area contributed by atoms with E-state index in [1.165, 1.54) is 12.8 Å². The Morgan fingerprint density at radius 2 is 1.82 bits per heavy atom. The van der Waals surface area contributed by atoms with Gasteiger partial charge >= 0.3 is 0 Å². The third-order valence-corrected chi connectivity index (χ3v) is 5.54. The van der Waals surface area contributed by atoms with Crippen LogP contribution in [0.2, 0.25) is 0 Å². The van der Waals surface area contributed by atoms with E-state index >= 15 is 0 Å². The van der Waals surface area contributed by atoms with Crippen LogP contribution in [0.1, 0.15) is 38.8 Å². The van der Waals surface area contributed by atoms with Crippen molar-refractivity contribution in [2.45, 2.75) is 45.6 Å². The Bertz CT molecular complexity index is 796. The largest absolute Gasteiger partial charge is 0.497 e. The Morgan fingerprint density at radius 3 is 2.36 bits per heavy atom. The molecule has 1 aliphatic carbocycles. The monoisotopic (exact) mass is 385 g/mol. The van der Waals surface area contributed by atoms with Gasteiger partial charge in [0.15, 0.2) is 5.82 Å². The molecule has 0 bridgehead atoms. The van der Waals surface area contributed by atoms with Gasteiger partial charge < -0.3 is 19.1 Å². The van der Waals surface area contributed by atoms with Crippen molar-refractivity contribution in [1.82, 2.24) is 9.97 Å². The number of nitrogens with zero attached hydrogens (tertiary/aromatic N) is 3. The van der Waals surface area contributed by atoms with Crippen LogP contribution in [0, 0.1) is 5.92 Å². The van der Waals surface area contributed by atoms with Gasteiger partial charge in [-0.1, -0.05) is 13.8 Å². The van der Waals surface area contributed by atoms with Crippen LogP contribution < -0.4 is 19.1 Å². The molecule has 2 aromatic rings. The van der Waals surface area contributed by atoms with E-state index in [9.17, 15) is 0 Å². The molecular weight excluding hydrogens is 354 g/mol. The van der Waals surface area contributed by atoms with E-state index in [-0.39, 0.29) is 0 Å². The van der Waals surface area contributed by atoms with Crippen LogP contribution >= 0.6 is 0 Å². The summed E-state index contributed by atoms with van der Waals surface area (Å²) in [4.78, 5) is 12.0. The molecule has 0 N–H and O–H groups in total. The lowest BCUT2D eigenvalue weighted by atomic mass is 10.1. The molecule has 1 aliphatic rings. The summed E-state index contributed by atoms with van der Waals surface area (Å²) >= 11 is 0. The van der Waals surface area contributed by atoms with E-state index in [1.807, 2.05) is 18.2 Å². The molecule has 6 heteroatoms. The Morgan fingerprint density at radius 1 is 1.07 bits per heavy atom. The molecular formula is C22H31N3O3. The fourth-order valence-electron chi connectivity index (χ4n) is 3.90. The standard InChI is InChI=1S/C22H31N3O3/c1-7-17-20(25(3)18(8-2)14-9-10-14)22(28-6)24-21(23-17)16-12-11-15(26-4)13-19(16)27-5/h11-14,18H,7-10H2,1-6H3. The minimum atomic E-state index is 0.490. The summed E-state index contributed by atoms with van der Waals surface area (Å²) in [5, 5.41) is 0. The van der Waals surface area contributed by atoms with Crippen molar-refractivity contribution in [3.05, 3.63) is 23.9 Å². The van der Waals surface area contributed by atoms with Gasteiger partial charge in [-0.05, 0) is 43.7 Å². The molecule has 1 fully saturated rings. The lowest BCUT2D eigenvalue weighted by molar-refractivity contribution is 0.391. The first-order valence-corrected chi connectivity index (χ1v) is 9.97. The zero-order chi connectivity index (χ0) is 20.3. The number of rotatable bonds is 9. The van der Waals surface area contributed by atoms with Gasteiger partial charge in [-0.25, -0.2) is 4.98 Å². The van der Waals surface area contributed by atoms with Crippen LogP contribution in [0.25, 0.3) is 11.4 Å². The van der Waals surface area contributed by atoms with E-state index in [2.05, 4.69) is 25.8 Å². The van der Waals surface area contributed by atoms with Crippen LogP contribution in [0.3, 0.4) is 0 Å². The minimum absolute atomic E-state index is 0.490. The second-order valence-electron chi connectivity index (χ2n) is 7.20. The van der Waals surface area contributed by atoms with Crippen LogP contribution in [0.15, 0.2) is 18.2 Å². The fourth-order valence-corrected chi connectivity index (χ4v) is 3.90. The maximum absolute atomic E-state index is 5.73. The first-order valence-electron chi connectivity index (χ1n) is 9.97. The van der Waals surface area contributed by atoms with Gasteiger partial charge in [0.1, 0.15) is 17.2 Å². The predicted molar refractivity (Wildman–Crippen MR) is 112 cm³/mol. The number of aryl methyl sites for hydroxylation is 1. The molecule has 0 radical (unpaired) electrons. The smallest absolute Gasteiger partial charge is 0.241 e. The summed E-state index contributed by atoms with van der Waals surface area (Å²) < 4.78 is 16.6. The average molecular weight is 386 g/mol. The van der Waals surface area contributed by atoms with E-state index < -0.39 is 0 Å². The summed E-state index contributed by atoms with van der Waals surface area (Å²) in [5.41, 5.74) is 2.81. The molecule has 152 valence electrons. The van der Waals surface area contributed by atoms with E-state index in [0.29, 0.717) is 23.5 Å². The summed E-state index contributed by atoms with van der Waals surface area (Å²) in [6, 6.07) is 6.15. The predicted octanol–water partition coefficient (Wildman–Crippen LogP) is 4.36. The third-order valence-electron chi connectivity index (χ3n) is 5.54. The summed E-state index contributed by atoms with van der Waals surface area (Å²) in [6.07, 6.45) is 4.50. The quantitative estimate of drug-likeness (QED) is 0.639. The van der Waals surface area contributed by atoms with Crippen LogP contribution in [-0.4, -0.2) is 44.4 Å². The van der Waals surface area contributed by atoms with Crippen molar-refractivity contribution in [2.24, 2.45) is 5.92 Å².